The molecule has 2 fully saturated rings. The molecule has 0 bridgehead atoms. The Morgan fingerprint density at radius 2 is 1.83 bits per heavy atom. The molecule has 2 aliphatic rings. The zero-order valence-corrected chi connectivity index (χ0v) is 8.16. The second kappa shape index (κ2) is 3.02. The van der Waals surface area contributed by atoms with Gasteiger partial charge in [0.25, 0.3) is 0 Å². The Balaban J connectivity index is 2.02. The summed E-state index contributed by atoms with van der Waals surface area (Å²) in [6.45, 7) is 5.10. The third-order valence-electron chi connectivity index (χ3n) is 4.37. The summed E-state index contributed by atoms with van der Waals surface area (Å²) in [5, 5.41) is 9.27. The van der Waals surface area contributed by atoms with Crippen LogP contribution < -0.4 is 0 Å². The molecular formula is C11H20O. The van der Waals surface area contributed by atoms with E-state index in [1.807, 2.05) is 0 Å². The molecule has 1 heteroatoms. The van der Waals surface area contributed by atoms with Crippen LogP contribution in [0.1, 0.15) is 33.1 Å². The van der Waals surface area contributed by atoms with Crippen LogP contribution in [0.3, 0.4) is 0 Å². The predicted molar refractivity (Wildman–Crippen MR) is 49.7 cm³/mol. The quantitative estimate of drug-likeness (QED) is 0.637. The van der Waals surface area contributed by atoms with Crippen molar-refractivity contribution in [1.29, 1.82) is 0 Å². The molecule has 2 saturated carbocycles. The van der Waals surface area contributed by atoms with Crippen LogP contribution in [0.15, 0.2) is 0 Å². The van der Waals surface area contributed by atoms with E-state index in [1.165, 1.54) is 19.3 Å². The lowest BCUT2D eigenvalue weighted by Gasteiger charge is -2.52. The van der Waals surface area contributed by atoms with E-state index in [-0.39, 0.29) is 0 Å². The van der Waals surface area contributed by atoms with Crippen molar-refractivity contribution in [2.45, 2.75) is 33.1 Å². The zero-order valence-electron chi connectivity index (χ0n) is 8.16. The highest BCUT2D eigenvalue weighted by Crippen LogP contribution is 2.53. The van der Waals surface area contributed by atoms with Gasteiger partial charge in [-0.3, -0.25) is 0 Å². The van der Waals surface area contributed by atoms with Gasteiger partial charge in [-0.15, -0.1) is 0 Å². The van der Waals surface area contributed by atoms with Crippen LogP contribution in [-0.4, -0.2) is 11.7 Å². The van der Waals surface area contributed by atoms with Crippen LogP contribution >= 0.6 is 0 Å². The van der Waals surface area contributed by atoms with Crippen molar-refractivity contribution in [2.24, 2.45) is 29.6 Å². The van der Waals surface area contributed by atoms with Crippen molar-refractivity contribution >= 4 is 0 Å². The number of fused-ring (bicyclic) bond motifs is 1. The molecule has 0 heterocycles. The summed E-state index contributed by atoms with van der Waals surface area (Å²) in [5.74, 6) is 4.16. The van der Waals surface area contributed by atoms with Crippen LogP contribution in [-0.2, 0) is 0 Å². The van der Waals surface area contributed by atoms with Crippen LogP contribution in [0.25, 0.3) is 0 Å². The van der Waals surface area contributed by atoms with Gasteiger partial charge in [0.2, 0.25) is 0 Å². The smallest absolute Gasteiger partial charge is 0.0464 e. The number of aliphatic hydroxyl groups is 1. The van der Waals surface area contributed by atoms with Crippen LogP contribution in [0.2, 0.25) is 0 Å². The van der Waals surface area contributed by atoms with Gasteiger partial charge in [0, 0.05) is 6.61 Å². The van der Waals surface area contributed by atoms with Gasteiger partial charge in [-0.2, -0.15) is 0 Å². The molecule has 70 valence electrons. The molecule has 1 N–H and O–H groups in total. The van der Waals surface area contributed by atoms with Crippen LogP contribution in [0.5, 0.6) is 0 Å². The number of rotatable bonds is 1. The Labute approximate surface area is 75.2 Å². The van der Waals surface area contributed by atoms with Gasteiger partial charge < -0.3 is 5.11 Å². The molecule has 2 rings (SSSR count). The topological polar surface area (TPSA) is 20.2 Å². The fraction of sp³-hybridized carbons (Fsp3) is 1.00. The van der Waals surface area contributed by atoms with Gasteiger partial charge in [0.1, 0.15) is 0 Å². The van der Waals surface area contributed by atoms with E-state index in [0.717, 1.165) is 23.7 Å². The summed E-state index contributed by atoms with van der Waals surface area (Å²) in [4.78, 5) is 0. The Morgan fingerprint density at radius 3 is 2.42 bits per heavy atom. The van der Waals surface area contributed by atoms with E-state index >= 15 is 0 Å². The lowest BCUT2D eigenvalue weighted by molar-refractivity contribution is -0.0538. The Morgan fingerprint density at radius 1 is 1.08 bits per heavy atom. The van der Waals surface area contributed by atoms with Gasteiger partial charge in [0.15, 0.2) is 0 Å². The lowest BCUT2D eigenvalue weighted by Crippen LogP contribution is -2.46. The summed E-state index contributed by atoms with van der Waals surface area (Å²) < 4.78 is 0. The largest absolute Gasteiger partial charge is 0.396 e. The Hall–Kier alpha value is -0.0400. The molecule has 0 amide bonds. The van der Waals surface area contributed by atoms with E-state index in [9.17, 15) is 5.11 Å². The minimum Gasteiger partial charge on any atom is -0.396 e. The van der Waals surface area contributed by atoms with Crippen molar-refractivity contribution < 1.29 is 5.11 Å². The average Bonchev–Trinajstić information content (AvgIpc) is 2.03. The first-order chi connectivity index (χ1) is 5.74. The van der Waals surface area contributed by atoms with Crippen LogP contribution in [0.4, 0.5) is 0 Å². The average molecular weight is 168 g/mol. The third-order valence-corrected chi connectivity index (χ3v) is 4.37. The Bertz CT molecular complexity index is 166. The monoisotopic (exact) mass is 168 g/mol. The number of hydrogen-bond donors (Lipinski definition) is 1. The molecule has 2 aliphatic carbocycles. The molecule has 0 spiro atoms. The van der Waals surface area contributed by atoms with Crippen molar-refractivity contribution in [2.75, 3.05) is 6.61 Å². The molecule has 0 aromatic heterocycles. The fourth-order valence-corrected chi connectivity index (χ4v) is 3.40. The molecule has 5 unspecified atom stereocenters. The van der Waals surface area contributed by atoms with Crippen molar-refractivity contribution in [3.8, 4) is 0 Å². The second-order valence-corrected chi connectivity index (χ2v) is 4.94. The number of aliphatic hydroxyl groups excluding tert-OH is 1. The van der Waals surface area contributed by atoms with Gasteiger partial charge in [-0.25, -0.2) is 0 Å². The fourth-order valence-electron chi connectivity index (χ4n) is 3.40. The minimum atomic E-state index is 0.426. The SMILES string of the molecule is CC1CCC2C(C)CC2C1CO. The first kappa shape index (κ1) is 8.55. The highest BCUT2D eigenvalue weighted by molar-refractivity contribution is 4.95. The summed E-state index contributed by atoms with van der Waals surface area (Å²) in [7, 11) is 0. The Kier molecular flexibility index (Phi) is 2.16. The van der Waals surface area contributed by atoms with Crippen LogP contribution in [0, 0.1) is 29.6 Å². The van der Waals surface area contributed by atoms with E-state index in [4.69, 9.17) is 0 Å². The summed E-state index contributed by atoms with van der Waals surface area (Å²) in [5.41, 5.74) is 0. The predicted octanol–water partition coefficient (Wildman–Crippen LogP) is 2.30. The third kappa shape index (κ3) is 1.10. The lowest BCUT2D eigenvalue weighted by atomic mass is 9.53. The zero-order chi connectivity index (χ0) is 8.72. The molecule has 1 nitrogen and oxygen atoms in total. The standard InChI is InChI=1S/C11H20O/c1-7-3-4-9-8(2)5-10(9)11(7)6-12/h7-12H,3-6H2,1-2H3. The highest BCUT2D eigenvalue weighted by Gasteiger charge is 2.46. The number of hydrogen-bond acceptors (Lipinski definition) is 1. The van der Waals surface area contributed by atoms with E-state index in [2.05, 4.69) is 13.8 Å². The molecule has 5 atom stereocenters. The molecule has 0 saturated heterocycles. The van der Waals surface area contributed by atoms with Crippen molar-refractivity contribution in [3.05, 3.63) is 0 Å². The first-order valence-electron chi connectivity index (χ1n) is 5.35. The molecule has 0 aromatic rings. The molecular weight excluding hydrogens is 148 g/mol. The highest BCUT2D eigenvalue weighted by atomic mass is 16.3. The first-order valence-corrected chi connectivity index (χ1v) is 5.35. The summed E-state index contributed by atoms with van der Waals surface area (Å²) in [6, 6.07) is 0. The summed E-state index contributed by atoms with van der Waals surface area (Å²) in [6.07, 6.45) is 4.14. The van der Waals surface area contributed by atoms with Gasteiger partial charge in [-0.05, 0) is 42.4 Å². The maximum atomic E-state index is 9.27. The van der Waals surface area contributed by atoms with Gasteiger partial charge in [0.05, 0.1) is 0 Å². The van der Waals surface area contributed by atoms with Gasteiger partial charge >= 0.3 is 0 Å². The normalized spacial score (nSPS) is 52.8. The molecule has 0 aromatic carbocycles. The van der Waals surface area contributed by atoms with E-state index in [1.54, 1.807) is 0 Å². The molecule has 12 heavy (non-hydrogen) atoms. The van der Waals surface area contributed by atoms with E-state index in [0.29, 0.717) is 12.5 Å². The van der Waals surface area contributed by atoms with Crippen molar-refractivity contribution in [1.82, 2.24) is 0 Å². The molecule has 0 radical (unpaired) electrons. The minimum absolute atomic E-state index is 0.426. The maximum absolute atomic E-state index is 9.27. The summed E-state index contributed by atoms with van der Waals surface area (Å²) >= 11 is 0. The maximum Gasteiger partial charge on any atom is 0.0464 e. The second-order valence-electron chi connectivity index (χ2n) is 4.94. The van der Waals surface area contributed by atoms with E-state index < -0.39 is 0 Å². The molecule has 0 aliphatic heterocycles. The van der Waals surface area contributed by atoms with Crippen molar-refractivity contribution in [3.63, 3.8) is 0 Å². The van der Waals surface area contributed by atoms with Gasteiger partial charge in [-0.1, -0.05) is 20.3 Å².